The van der Waals surface area contributed by atoms with E-state index in [0.717, 1.165) is 28.6 Å². The topological polar surface area (TPSA) is 33.4 Å². The van der Waals surface area contributed by atoms with Crippen molar-refractivity contribution in [2.75, 3.05) is 5.75 Å². The van der Waals surface area contributed by atoms with Gasteiger partial charge in [0.25, 0.3) is 0 Å². The minimum absolute atomic E-state index is 0.0159. The molecule has 3 aromatic rings. The number of aromatic nitrogens is 2. The molecule has 1 aromatic carbocycles. The Bertz CT molecular complexity index is 1090. The summed E-state index contributed by atoms with van der Waals surface area (Å²) in [5.74, 6) is 1.11. The number of thioether (sulfide) groups is 1. The minimum atomic E-state index is 0.0159. The molecular formula is C24H25ClN4S. The summed E-state index contributed by atoms with van der Waals surface area (Å²) in [5, 5.41) is 1.92. The lowest BCUT2D eigenvalue weighted by Gasteiger charge is -2.32. The predicted molar refractivity (Wildman–Crippen MR) is 126 cm³/mol. The molecule has 4 heterocycles. The number of nitrogens with zero attached hydrogens (tertiary/aromatic N) is 4. The van der Waals surface area contributed by atoms with E-state index in [1.165, 1.54) is 22.1 Å². The van der Waals surface area contributed by atoms with Gasteiger partial charge < -0.3 is 9.47 Å². The first-order valence-corrected chi connectivity index (χ1v) is 11.8. The van der Waals surface area contributed by atoms with Crippen molar-refractivity contribution in [2.45, 2.75) is 45.3 Å². The zero-order chi connectivity index (χ0) is 20.8. The molecule has 0 amide bonds. The van der Waals surface area contributed by atoms with Crippen molar-refractivity contribution >= 4 is 28.5 Å². The maximum Gasteiger partial charge on any atom is 0.160 e. The second-order valence-corrected chi connectivity index (χ2v) is 9.40. The molecule has 0 aliphatic carbocycles. The molecule has 0 spiro atoms. The summed E-state index contributed by atoms with van der Waals surface area (Å²) in [7, 11) is 0. The molecule has 1 saturated heterocycles. The normalized spacial score (nSPS) is 23.0. The van der Waals surface area contributed by atoms with E-state index in [0.29, 0.717) is 6.04 Å². The fraction of sp³-hybridized carbons (Fsp3) is 0.333. The molecule has 0 radical (unpaired) electrons. The first kappa shape index (κ1) is 19.7. The Kier molecular flexibility index (Phi) is 5.11. The second kappa shape index (κ2) is 7.78. The number of aryl methyl sites for hydroxylation is 1. The summed E-state index contributed by atoms with van der Waals surface area (Å²) in [4.78, 5) is 12.4. The SMILES string of the molecule is CC[C@@H]1CSC2=N[C@H](c3ccccn3)[C@H](c3cc(C)n(-c4ccc(Cl)cc4)c3C)N21. The van der Waals surface area contributed by atoms with Gasteiger partial charge in [0.05, 0.1) is 11.7 Å². The van der Waals surface area contributed by atoms with Gasteiger partial charge in [0.15, 0.2) is 5.17 Å². The fourth-order valence-electron chi connectivity index (χ4n) is 4.76. The van der Waals surface area contributed by atoms with Crippen molar-refractivity contribution in [2.24, 2.45) is 4.99 Å². The van der Waals surface area contributed by atoms with Crippen LogP contribution in [-0.4, -0.2) is 31.4 Å². The summed E-state index contributed by atoms with van der Waals surface area (Å²) in [6.45, 7) is 6.67. The van der Waals surface area contributed by atoms with Crippen LogP contribution in [0.4, 0.5) is 0 Å². The van der Waals surface area contributed by atoms with Crippen molar-refractivity contribution < 1.29 is 0 Å². The molecule has 154 valence electrons. The lowest BCUT2D eigenvalue weighted by Crippen LogP contribution is -2.35. The molecule has 4 nitrogen and oxygen atoms in total. The van der Waals surface area contributed by atoms with Crippen LogP contribution in [-0.2, 0) is 0 Å². The quantitative estimate of drug-likeness (QED) is 0.493. The van der Waals surface area contributed by atoms with Crippen LogP contribution in [0.1, 0.15) is 48.1 Å². The van der Waals surface area contributed by atoms with Gasteiger partial charge in [0.2, 0.25) is 0 Å². The molecule has 3 atom stereocenters. The number of rotatable bonds is 4. The van der Waals surface area contributed by atoms with E-state index in [2.05, 4.69) is 65.6 Å². The van der Waals surface area contributed by atoms with Gasteiger partial charge in [-0.25, -0.2) is 0 Å². The summed E-state index contributed by atoms with van der Waals surface area (Å²) in [6.07, 6.45) is 2.99. The highest BCUT2D eigenvalue weighted by Gasteiger charge is 2.46. The van der Waals surface area contributed by atoms with Gasteiger partial charge in [-0.1, -0.05) is 36.4 Å². The maximum atomic E-state index is 6.13. The number of benzene rings is 1. The summed E-state index contributed by atoms with van der Waals surface area (Å²) >= 11 is 8.01. The Morgan fingerprint density at radius 3 is 2.63 bits per heavy atom. The third-order valence-electron chi connectivity index (χ3n) is 6.20. The van der Waals surface area contributed by atoms with Crippen LogP contribution >= 0.6 is 23.4 Å². The van der Waals surface area contributed by atoms with Crippen molar-refractivity contribution in [1.29, 1.82) is 0 Å². The van der Waals surface area contributed by atoms with E-state index in [9.17, 15) is 0 Å². The monoisotopic (exact) mass is 436 g/mol. The Morgan fingerprint density at radius 1 is 1.13 bits per heavy atom. The van der Waals surface area contributed by atoms with Gasteiger partial charge in [-0.05, 0) is 68.3 Å². The van der Waals surface area contributed by atoms with Crippen molar-refractivity contribution in [3.63, 3.8) is 0 Å². The van der Waals surface area contributed by atoms with Crippen LogP contribution < -0.4 is 0 Å². The van der Waals surface area contributed by atoms with Crippen LogP contribution in [0, 0.1) is 13.8 Å². The third kappa shape index (κ3) is 3.15. The highest BCUT2D eigenvalue weighted by atomic mass is 35.5. The standard InChI is InChI=1S/C24H25ClN4S/c1-4-18-14-30-24-27-22(21-7-5-6-12-26-21)23(29(18)24)20-13-15(2)28(16(20)3)19-10-8-17(25)9-11-19/h5-13,18,22-23H,4,14H2,1-3H3/t18-,22-,23+/m1/s1. The van der Waals surface area contributed by atoms with Crippen LogP contribution in [0.15, 0.2) is 59.7 Å². The number of fused-ring (bicyclic) bond motifs is 1. The Morgan fingerprint density at radius 2 is 1.93 bits per heavy atom. The summed E-state index contributed by atoms with van der Waals surface area (Å²) in [5.41, 5.74) is 5.98. The Balaban J connectivity index is 1.63. The number of pyridine rings is 1. The number of amidine groups is 1. The third-order valence-corrected chi connectivity index (χ3v) is 7.58. The van der Waals surface area contributed by atoms with Crippen molar-refractivity contribution in [1.82, 2.24) is 14.5 Å². The zero-order valence-corrected chi connectivity index (χ0v) is 19.0. The molecular weight excluding hydrogens is 412 g/mol. The second-order valence-electron chi connectivity index (χ2n) is 7.97. The van der Waals surface area contributed by atoms with E-state index in [1.807, 2.05) is 36.2 Å². The maximum absolute atomic E-state index is 6.13. The van der Waals surface area contributed by atoms with Gasteiger partial charge in [0, 0.05) is 40.1 Å². The first-order valence-electron chi connectivity index (χ1n) is 10.4. The number of halogens is 1. The van der Waals surface area contributed by atoms with Gasteiger partial charge >= 0.3 is 0 Å². The van der Waals surface area contributed by atoms with Crippen LogP contribution in [0.3, 0.4) is 0 Å². The van der Waals surface area contributed by atoms with Gasteiger partial charge in [-0.3, -0.25) is 9.98 Å². The largest absolute Gasteiger partial charge is 0.338 e. The number of aliphatic imine (C=N–C) groups is 1. The average Bonchev–Trinajstić information content (AvgIpc) is 3.41. The van der Waals surface area contributed by atoms with E-state index < -0.39 is 0 Å². The molecule has 6 heteroatoms. The highest BCUT2D eigenvalue weighted by molar-refractivity contribution is 8.14. The van der Waals surface area contributed by atoms with E-state index in [4.69, 9.17) is 16.6 Å². The molecule has 1 fully saturated rings. The molecule has 0 unspecified atom stereocenters. The molecule has 5 rings (SSSR count). The van der Waals surface area contributed by atoms with E-state index in [1.54, 1.807) is 0 Å². The smallest absolute Gasteiger partial charge is 0.160 e. The zero-order valence-electron chi connectivity index (χ0n) is 17.4. The van der Waals surface area contributed by atoms with Crippen molar-refractivity contribution in [3.05, 3.63) is 82.4 Å². The molecule has 30 heavy (non-hydrogen) atoms. The van der Waals surface area contributed by atoms with Crippen LogP contribution in [0.25, 0.3) is 5.69 Å². The highest BCUT2D eigenvalue weighted by Crippen LogP contribution is 2.49. The lowest BCUT2D eigenvalue weighted by molar-refractivity contribution is 0.254. The summed E-state index contributed by atoms with van der Waals surface area (Å²) < 4.78 is 2.32. The minimum Gasteiger partial charge on any atom is -0.338 e. The fourth-order valence-corrected chi connectivity index (χ4v) is 6.22. The molecule has 0 N–H and O–H groups in total. The molecule has 2 aliphatic heterocycles. The van der Waals surface area contributed by atoms with Crippen molar-refractivity contribution in [3.8, 4) is 5.69 Å². The molecule has 2 aromatic heterocycles. The number of hydrogen-bond acceptors (Lipinski definition) is 4. The molecule has 0 bridgehead atoms. The lowest BCUT2D eigenvalue weighted by atomic mass is 9.95. The molecule has 0 saturated carbocycles. The van der Waals surface area contributed by atoms with Gasteiger partial charge in [0.1, 0.15) is 6.04 Å². The van der Waals surface area contributed by atoms with Gasteiger partial charge in [-0.15, -0.1) is 0 Å². The van der Waals surface area contributed by atoms with E-state index >= 15 is 0 Å². The predicted octanol–water partition coefficient (Wildman–Crippen LogP) is 6.12. The average molecular weight is 437 g/mol. The molecule has 2 aliphatic rings. The first-order chi connectivity index (χ1) is 14.6. The number of hydrogen-bond donors (Lipinski definition) is 0. The van der Waals surface area contributed by atoms with Crippen LogP contribution in [0.5, 0.6) is 0 Å². The Hall–Kier alpha value is -2.24. The van der Waals surface area contributed by atoms with Gasteiger partial charge in [-0.2, -0.15) is 0 Å². The van der Waals surface area contributed by atoms with E-state index in [-0.39, 0.29) is 12.1 Å². The summed E-state index contributed by atoms with van der Waals surface area (Å²) in [6, 6.07) is 17.2. The Labute approximate surface area is 187 Å². The van der Waals surface area contributed by atoms with Crippen LogP contribution in [0.2, 0.25) is 5.02 Å².